The molecule has 1 N–H and O–H groups in total. The third kappa shape index (κ3) is 2.13. The number of para-hydroxylation sites is 1. The average molecular weight is 260 g/mol. The molecule has 0 aliphatic heterocycles. The number of nitrogens with zero attached hydrogens (tertiary/aromatic N) is 2. The van der Waals surface area contributed by atoms with E-state index >= 15 is 0 Å². The van der Waals surface area contributed by atoms with Gasteiger partial charge in [0, 0.05) is 11.6 Å². The largest absolute Gasteiger partial charge is 0.384 e. The van der Waals surface area contributed by atoms with Gasteiger partial charge in [0.2, 0.25) is 0 Å². The number of hydrogen-bond acceptors (Lipinski definition) is 3. The summed E-state index contributed by atoms with van der Waals surface area (Å²) in [6.45, 7) is 0. The molecule has 1 atom stereocenters. The highest BCUT2D eigenvalue weighted by atomic mass is 16.3. The summed E-state index contributed by atoms with van der Waals surface area (Å²) < 4.78 is 0. The Morgan fingerprint density at radius 3 is 2.50 bits per heavy atom. The van der Waals surface area contributed by atoms with Gasteiger partial charge in [0.25, 0.3) is 0 Å². The molecule has 0 fully saturated rings. The Bertz CT molecular complexity index is 783. The van der Waals surface area contributed by atoms with Gasteiger partial charge >= 0.3 is 0 Å². The maximum atomic E-state index is 10.5. The Labute approximate surface area is 116 Å². The lowest BCUT2D eigenvalue weighted by Gasteiger charge is -2.13. The monoisotopic (exact) mass is 260 g/mol. The van der Waals surface area contributed by atoms with E-state index in [4.69, 9.17) is 5.26 Å². The minimum atomic E-state index is -0.726. The summed E-state index contributed by atoms with van der Waals surface area (Å²) in [5.41, 5.74) is 3.03. The van der Waals surface area contributed by atoms with Gasteiger partial charge in [0.15, 0.2) is 0 Å². The molecular formula is C17H12N2O. The van der Waals surface area contributed by atoms with Gasteiger partial charge in [-0.1, -0.05) is 30.3 Å². The molecule has 0 aliphatic carbocycles. The van der Waals surface area contributed by atoms with Crippen LogP contribution in [0.4, 0.5) is 0 Å². The van der Waals surface area contributed by atoms with Crippen LogP contribution in [0.25, 0.3) is 10.9 Å². The van der Waals surface area contributed by atoms with Crippen LogP contribution < -0.4 is 0 Å². The van der Waals surface area contributed by atoms with Crippen LogP contribution in [-0.4, -0.2) is 10.1 Å². The van der Waals surface area contributed by atoms with Crippen molar-refractivity contribution in [3.05, 3.63) is 77.5 Å². The number of hydrogen-bond donors (Lipinski definition) is 1. The second-order valence-corrected chi connectivity index (χ2v) is 4.55. The molecule has 3 rings (SSSR count). The zero-order valence-electron chi connectivity index (χ0n) is 10.7. The third-order valence-corrected chi connectivity index (χ3v) is 3.33. The van der Waals surface area contributed by atoms with E-state index in [0.29, 0.717) is 5.56 Å². The first-order chi connectivity index (χ1) is 9.79. The molecule has 0 saturated heterocycles. The molecule has 3 heteroatoms. The standard InChI is InChI=1S/C17H12N2O/c18-11-12-5-7-13(8-6-12)17(20)15-9-10-19-16-4-2-1-3-14(15)16/h1-10,17,20H. The normalized spacial score (nSPS) is 12.0. The van der Waals surface area contributed by atoms with Crippen LogP contribution in [0.5, 0.6) is 0 Å². The second kappa shape index (κ2) is 5.12. The van der Waals surface area contributed by atoms with Gasteiger partial charge in [0.1, 0.15) is 6.10 Å². The molecular weight excluding hydrogens is 248 g/mol. The van der Waals surface area contributed by atoms with E-state index in [9.17, 15) is 5.11 Å². The predicted octanol–water partition coefficient (Wildman–Crippen LogP) is 3.19. The number of fused-ring (bicyclic) bond motifs is 1. The first kappa shape index (κ1) is 12.3. The molecule has 1 unspecified atom stereocenters. The highest BCUT2D eigenvalue weighted by Gasteiger charge is 2.13. The fourth-order valence-electron chi connectivity index (χ4n) is 2.28. The van der Waals surface area contributed by atoms with Gasteiger partial charge in [-0.05, 0) is 35.4 Å². The van der Waals surface area contributed by atoms with Gasteiger partial charge in [-0.15, -0.1) is 0 Å². The van der Waals surface area contributed by atoms with Gasteiger partial charge in [-0.3, -0.25) is 4.98 Å². The molecule has 0 spiro atoms. The predicted molar refractivity (Wildman–Crippen MR) is 77.0 cm³/mol. The van der Waals surface area contributed by atoms with Gasteiger partial charge < -0.3 is 5.11 Å². The summed E-state index contributed by atoms with van der Waals surface area (Å²) in [7, 11) is 0. The topological polar surface area (TPSA) is 56.9 Å². The maximum Gasteiger partial charge on any atom is 0.105 e. The zero-order chi connectivity index (χ0) is 13.9. The number of pyridine rings is 1. The van der Waals surface area contributed by atoms with Crippen molar-refractivity contribution in [1.82, 2.24) is 4.98 Å². The number of aromatic nitrogens is 1. The number of benzene rings is 2. The van der Waals surface area contributed by atoms with Gasteiger partial charge in [-0.2, -0.15) is 5.26 Å². The third-order valence-electron chi connectivity index (χ3n) is 3.33. The Hall–Kier alpha value is -2.70. The van der Waals surface area contributed by atoms with Gasteiger partial charge in [0.05, 0.1) is 17.1 Å². The quantitative estimate of drug-likeness (QED) is 0.769. The van der Waals surface area contributed by atoms with Crippen molar-refractivity contribution in [1.29, 1.82) is 5.26 Å². The fraction of sp³-hybridized carbons (Fsp3) is 0.0588. The first-order valence-electron chi connectivity index (χ1n) is 6.31. The number of rotatable bonds is 2. The molecule has 3 nitrogen and oxygen atoms in total. The Morgan fingerprint density at radius 2 is 1.75 bits per heavy atom. The molecule has 0 bridgehead atoms. The summed E-state index contributed by atoms with van der Waals surface area (Å²) in [6, 6.07) is 18.6. The van der Waals surface area contributed by atoms with E-state index < -0.39 is 6.10 Å². The van der Waals surface area contributed by atoms with Crippen LogP contribution in [0.15, 0.2) is 60.8 Å². The number of nitriles is 1. The Kier molecular flexibility index (Phi) is 3.16. The van der Waals surface area contributed by atoms with Crippen molar-refractivity contribution in [3.8, 4) is 6.07 Å². The molecule has 1 heterocycles. The molecule has 0 radical (unpaired) electrons. The lowest BCUT2D eigenvalue weighted by atomic mass is 9.97. The molecule has 96 valence electrons. The number of aliphatic hydroxyl groups excluding tert-OH is 1. The molecule has 3 aromatic rings. The zero-order valence-corrected chi connectivity index (χ0v) is 10.7. The van der Waals surface area contributed by atoms with Crippen LogP contribution in [0.3, 0.4) is 0 Å². The van der Waals surface area contributed by atoms with Crippen molar-refractivity contribution in [3.63, 3.8) is 0 Å². The lowest BCUT2D eigenvalue weighted by Crippen LogP contribution is -2.01. The molecule has 0 saturated carbocycles. The minimum absolute atomic E-state index is 0.584. The van der Waals surface area contributed by atoms with Crippen molar-refractivity contribution < 1.29 is 5.11 Å². The Morgan fingerprint density at radius 1 is 1.00 bits per heavy atom. The summed E-state index contributed by atoms with van der Waals surface area (Å²) in [5.74, 6) is 0. The molecule has 0 aliphatic rings. The summed E-state index contributed by atoms with van der Waals surface area (Å²) >= 11 is 0. The maximum absolute atomic E-state index is 10.5. The minimum Gasteiger partial charge on any atom is -0.384 e. The summed E-state index contributed by atoms with van der Waals surface area (Å²) in [4.78, 5) is 4.29. The van der Waals surface area contributed by atoms with E-state index in [-0.39, 0.29) is 0 Å². The highest BCUT2D eigenvalue weighted by molar-refractivity contribution is 5.82. The number of aliphatic hydroxyl groups is 1. The molecule has 1 aromatic heterocycles. The molecule has 0 amide bonds. The van der Waals surface area contributed by atoms with E-state index in [1.807, 2.05) is 30.3 Å². The average Bonchev–Trinajstić information content (AvgIpc) is 2.54. The van der Waals surface area contributed by atoms with Crippen molar-refractivity contribution >= 4 is 10.9 Å². The van der Waals surface area contributed by atoms with Crippen LogP contribution in [0, 0.1) is 11.3 Å². The van der Waals surface area contributed by atoms with Crippen LogP contribution >= 0.6 is 0 Å². The summed E-state index contributed by atoms with van der Waals surface area (Å²) in [5, 5.41) is 20.3. The van der Waals surface area contributed by atoms with Gasteiger partial charge in [-0.25, -0.2) is 0 Å². The second-order valence-electron chi connectivity index (χ2n) is 4.55. The van der Waals surface area contributed by atoms with Crippen LogP contribution in [-0.2, 0) is 0 Å². The Balaban J connectivity index is 2.08. The first-order valence-corrected chi connectivity index (χ1v) is 6.31. The molecule has 20 heavy (non-hydrogen) atoms. The van der Waals surface area contributed by atoms with Crippen LogP contribution in [0.2, 0.25) is 0 Å². The van der Waals surface area contributed by atoms with Crippen molar-refractivity contribution in [2.45, 2.75) is 6.10 Å². The highest BCUT2D eigenvalue weighted by Crippen LogP contribution is 2.27. The van der Waals surface area contributed by atoms with Crippen LogP contribution in [0.1, 0.15) is 22.8 Å². The van der Waals surface area contributed by atoms with E-state index in [1.165, 1.54) is 0 Å². The smallest absolute Gasteiger partial charge is 0.105 e. The lowest BCUT2D eigenvalue weighted by molar-refractivity contribution is 0.222. The fourth-order valence-corrected chi connectivity index (χ4v) is 2.28. The van der Waals surface area contributed by atoms with Crippen molar-refractivity contribution in [2.75, 3.05) is 0 Å². The SMILES string of the molecule is N#Cc1ccc(C(O)c2ccnc3ccccc23)cc1. The summed E-state index contributed by atoms with van der Waals surface area (Å²) in [6.07, 6.45) is 0.973. The molecule has 2 aromatic carbocycles. The van der Waals surface area contributed by atoms with Crippen molar-refractivity contribution in [2.24, 2.45) is 0 Å². The van der Waals surface area contributed by atoms with E-state index in [1.54, 1.807) is 30.5 Å². The van der Waals surface area contributed by atoms with E-state index in [0.717, 1.165) is 22.0 Å². The van der Waals surface area contributed by atoms with E-state index in [2.05, 4.69) is 11.1 Å².